The highest BCUT2D eigenvalue weighted by Gasteiger charge is 2.36. The highest BCUT2D eigenvalue weighted by Crippen LogP contribution is 2.46. The van der Waals surface area contributed by atoms with Crippen LogP contribution in [0.1, 0.15) is 139 Å². The molecule has 10 rings (SSSR count). The lowest BCUT2D eigenvalue weighted by Gasteiger charge is -2.35. The van der Waals surface area contributed by atoms with Crippen LogP contribution in [0.4, 0.5) is 4.39 Å². The fraction of sp³-hybridized carbons (Fsp3) is 0.620. The number of carboxylic acid groups (broad SMARTS) is 1. The number of benzene rings is 2. The monoisotopic (exact) mass is 836 g/mol. The molecular formula is C50H65FN4O6. The zero-order valence-electron chi connectivity index (χ0n) is 36.1. The van der Waals surface area contributed by atoms with Crippen molar-refractivity contribution in [2.24, 2.45) is 23.7 Å². The van der Waals surface area contributed by atoms with Crippen LogP contribution < -0.4 is 5.32 Å². The molecule has 10 nitrogen and oxygen atoms in total. The zero-order chi connectivity index (χ0) is 42.0. The number of carboxylic acids is 1. The molecule has 4 aromatic rings. The van der Waals surface area contributed by atoms with E-state index in [-0.39, 0.29) is 24.9 Å². The van der Waals surface area contributed by atoms with Crippen molar-refractivity contribution in [3.63, 3.8) is 0 Å². The molecule has 2 amide bonds. The second-order valence-corrected chi connectivity index (χ2v) is 18.8. The maximum atomic E-state index is 13.4. The number of aromatic nitrogens is 2. The highest BCUT2D eigenvalue weighted by atomic mass is 19.1. The molecule has 0 bridgehead atoms. The van der Waals surface area contributed by atoms with Crippen LogP contribution in [0, 0.1) is 23.7 Å². The summed E-state index contributed by atoms with van der Waals surface area (Å²) >= 11 is 0. The van der Waals surface area contributed by atoms with Crippen molar-refractivity contribution in [3.05, 3.63) is 70.0 Å². The summed E-state index contributed by atoms with van der Waals surface area (Å²) < 4.78 is 28.8. The fourth-order valence-corrected chi connectivity index (χ4v) is 11.7. The number of ether oxygens (including phenoxy) is 2. The summed E-state index contributed by atoms with van der Waals surface area (Å²) in [6.45, 7) is 5.16. The van der Waals surface area contributed by atoms with Gasteiger partial charge in [-0.05, 0) is 181 Å². The average Bonchev–Trinajstić information content (AvgIpc) is 3.75. The SMILES string of the molecule is CCN(CC(=O)NCCF)C(=O)c1ccc2c(c1)c1c(n2C2CCC2)CCC(C2CCOCC2)C1.O=C(O)c1ccc2c(c1)c1c(n2C2CCC2)CCC(C2CCOCC2)C1. The number of hydrogen-bond donors (Lipinski definition) is 2. The Hall–Kier alpha value is -4.22. The van der Waals surface area contributed by atoms with E-state index >= 15 is 0 Å². The number of likely N-dealkylation sites (N-methyl/N-ethyl adjacent to an activating group) is 1. The lowest BCUT2D eigenvalue weighted by atomic mass is 9.75. The van der Waals surface area contributed by atoms with Crippen molar-refractivity contribution in [3.8, 4) is 0 Å². The number of carbonyl (C=O) groups excluding carboxylic acids is 2. The minimum atomic E-state index is -0.825. The van der Waals surface area contributed by atoms with Gasteiger partial charge in [0.25, 0.3) is 5.91 Å². The minimum absolute atomic E-state index is 0.0222. The summed E-state index contributed by atoms with van der Waals surface area (Å²) in [7, 11) is 0. The predicted octanol–water partition coefficient (Wildman–Crippen LogP) is 9.04. The van der Waals surface area contributed by atoms with Gasteiger partial charge >= 0.3 is 5.97 Å². The van der Waals surface area contributed by atoms with E-state index < -0.39 is 12.6 Å². The summed E-state index contributed by atoms with van der Waals surface area (Å²) in [5.74, 6) is 1.59. The lowest BCUT2D eigenvalue weighted by Crippen LogP contribution is -2.41. The number of alkyl halides is 1. The number of hydrogen-bond acceptors (Lipinski definition) is 5. The van der Waals surface area contributed by atoms with Crippen LogP contribution in [0.15, 0.2) is 36.4 Å². The van der Waals surface area contributed by atoms with E-state index in [2.05, 4.69) is 32.7 Å². The van der Waals surface area contributed by atoms with Crippen molar-refractivity contribution in [1.82, 2.24) is 19.4 Å². The van der Waals surface area contributed by atoms with Gasteiger partial charge in [-0.25, -0.2) is 9.18 Å². The molecule has 61 heavy (non-hydrogen) atoms. The van der Waals surface area contributed by atoms with Gasteiger partial charge in [-0.3, -0.25) is 9.59 Å². The van der Waals surface area contributed by atoms with E-state index in [0.29, 0.717) is 35.7 Å². The Morgan fingerprint density at radius 3 is 1.64 bits per heavy atom. The normalized spacial score (nSPS) is 22.4. The van der Waals surface area contributed by atoms with Gasteiger partial charge in [-0.15, -0.1) is 0 Å². The fourth-order valence-electron chi connectivity index (χ4n) is 11.7. The summed E-state index contributed by atoms with van der Waals surface area (Å²) in [5.41, 5.74) is 9.42. The van der Waals surface area contributed by atoms with E-state index in [1.807, 2.05) is 19.1 Å². The molecule has 2 saturated heterocycles. The Kier molecular flexibility index (Phi) is 12.9. The number of amides is 2. The molecule has 4 heterocycles. The topological polar surface area (TPSA) is 115 Å². The first-order valence-corrected chi connectivity index (χ1v) is 23.6. The number of rotatable bonds is 11. The zero-order valence-corrected chi connectivity index (χ0v) is 36.1. The van der Waals surface area contributed by atoms with Crippen LogP contribution in [0.2, 0.25) is 0 Å². The van der Waals surface area contributed by atoms with E-state index in [1.54, 1.807) is 6.07 Å². The molecule has 4 fully saturated rings. The minimum Gasteiger partial charge on any atom is -0.478 e. The van der Waals surface area contributed by atoms with Gasteiger partial charge in [0.05, 0.1) is 12.1 Å². The van der Waals surface area contributed by atoms with E-state index in [4.69, 9.17) is 9.47 Å². The molecule has 6 aliphatic rings. The van der Waals surface area contributed by atoms with Gasteiger partial charge in [0, 0.05) is 90.4 Å². The number of nitrogens with one attached hydrogen (secondary N) is 1. The van der Waals surface area contributed by atoms with Gasteiger partial charge in [-0.1, -0.05) is 0 Å². The van der Waals surface area contributed by atoms with Gasteiger partial charge in [0.1, 0.15) is 6.67 Å². The summed E-state index contributed by atoms with van der Waals surface area (Å²) in [5, 5.41) is 14.4. The van der Waals surface area contributed by atoms with E-state index in [1.165, 1.54) is 113 Å². The molecule has 2 unspecified atom stereocenters. The van der Waals surface area contributed by atoms with Crippen LogP contribution >= 0.6 is 0 Å². The molecule has 11 heteroatoms. The first kappa shape index (κ1) is 42.1. The van der Waals surface area contributed by atoms with Gasteiger partial charge < -0.3 is 33.9 Å². The molecule has 4 aliphatic carbocycles. The molecule has 0 spiro atoms. The van der Waals surface area contributed by atoms with E-state index in [9.17, 15) is 23.9 Å². The number of aromatic carboxylic acids is 1. The largest absolute Gasteiger partial charge is 0.478 e. The Balaban J connectivity index is 0.000000163. The number of carbonyl (C=O) groups is 3. The van der Waals surface area contributed by atoms with Gasteiger partial charge in [0.15, 0.2) is 0 Å². The third-order valence-corrected chi connectivity index (χ3v) is 15.5. The first-order valence-electron chi connectivity index (χ1n) is 23.6. The van der Waals surface area contributed by atoms with Crippen LogP contribution in [0.25, 0.3) is 21.8 Å². The third kappa shape index (κ3) is 8.50. The van der Waals surface area contributed by atoms with Crippen LogP contribution in [-0.4, -0.2) is 89.7 Å². The van der Waals surface area contributed by atoms with Crippen LogP contribution in [-0.2, 0) is 40.0 Å². The standard InChI is InChI=1S/C28H38FN3O3.C22H27NO3/c1-2-31(18-27(33)30-13-12-29)28(34)21-7-9-26-24(17-21)23-16-20(19-10-14-35-15-11-19)6-8-25(23)32(26)22-4-3-5-22;24-22(25)16-5-7-21-19(13-16)18-12-15(14-8-10-26-11-9-14)4-6-20(18)23(21)17-2-1-3-17/h7,9,17,19-20,22H,2-6,8,10-16,18H2,1H3,(H,30,33);5,7,13-15,17H,1-4,6,8-12H2,(H,24,25). The quantitative estimate of drug-likeness (QED) is 0.156. The number of nitrogens with zero attached hydrogens (tertiary/aromatic N) is 3. The Labute approximate surface area is 359 Å². The molecule has 2 aliphatic heterocycles. The summed E-state index contributed by atoms with van der Waals surface area (Å²) in [6.07, 6.45) is 19.2. The molecule has 2 aromatic carbocycles. The highest BCUT2D eigenvalue weighted by molar-refractivity contribution is 6.01. The Bertz CT molecular complexity index is 2230. The average molecular weight is 837 g/mol. The van der Waals surface area contributed by atoms with Crippen molar-refractivity contribution in [1.29, 1.82) is 0 Å². The molecule has 2 aromatic heterocycles. The second kappa shape index (κ2) is 18.6. The molecule has 2 saturated carbocycles. The van der Waals surface area contributed by atoms with Crippen molar-refractivity contribution in [2.75, 3.05) is 52.7 Å². The van der Waals surface area contributed by atoms with Crippen LogP contribution in [0.5, 0.6) is 0 Å². The van der Waals surface area contributed by atoms with Crippen LogP contribution in [0.3, 0.4) is 0 Å². The summed E-state index contributed by atoms with van der Waals surface area (Å²) in [4.78, 5) is 38.5. The van der Waals surface area contributed by atoms with Gasteiger partial charge in [-0.2, -0.15) is 0 Å². The number of fused-ring (bicyclic) bond motifs is 6. The predicted molar refractivity (Wildman–Crippen MR) is 235 cm³/mol. The maximum absolute atomic E-state index is 13.4. The van der Waals surface area contributed by atoms with E-state index in [0.717, 1.165) is 82.7 Å². The Morgan fingerprint density at radius 2 is 1.20 bits per heavy atom. The molecule has 0 radical (unpaired) electrons. The van der Waals surface area contributed by atoms with Crippen molar-refractivity contribution < 1.29 is 33.4 Å². The smallest absolute Gasteiger partial charge is 0.335 e. The van der Waals surface area contributed by atoms with Gasteiger partial charge in [0.2, 0.25) is 5.91 Å². The number of halogens is 1. The lowest BCUT2D eigenvalue weighted by molar-refractivity contribution is -0.121. The van der Waals surface area contributed by atoms with Crippen molar-refractivity contribution >= 4 is 39.6 Å². The molecule has 2 atom stereocenters. The third-order valence-electron chi connectivity index (χ3n) is 15.5. The molecular weight excluding hydrogens is 772 g/mol. The van der Waals surface area contributed by atoms with Crippen molar-refractivity contribution in [2.45, 2.75) is 122 Å². The first-order chi connectivity index (χ1) is 29.8. The maximum Gasteiger partial charge on any atom is 0.335 e. The molecule has 2 N–H and O–H groups in total. The second-order valence-electron chi connectivity index (χ2n) is 18.8. The summed E-state index contributed by atoms with van der Waals surface area (Å²) in [6, 6.07) is 13.1. The Morgan fingerprint density at radius 1 is 0.705 bits per heavy atom. The molecule has 328 valence electrons.